The Bertz CT molecular complexity index is 1960. The zero-order valence-corrected chi connectivity index (χ0v) is 25.4. The number of amides is 2. The van der Waals surface area contributed by atoms with Crippen molar-refractivity contribution in [1.29, 1.82) is 0 Å². The molecule has 0 bridgehead atoms. The van der Waals surface area contributed by atoms with Crippen molar-refractivity contribution < 1.29 is 14.0 Å². The summed E-state index contributed by atoms with van der Waals surface area (Å²) in [6.45, 7) is 6.10. The number of hydrogen-bond donors (Lipinski definition) is 2. The molecule has 0 spiro atoms. The molecule has 1 fully saturated rings. The van der Waals surface area contributed by atoms with Crippen molar-refractivity contribution in [2.24, 2.45) is 11.1 Å². The van der Waals surface area contributed by atoms with Gasteiger partial charge in [-0.05, 0) is 99.0 Å². The number of carbonyl (C=O) groups is 2. The first-order valence-electron chi connectivity index (χ1n) is 14.9. The number of carbonyl (C=O) groups excluding carboxylic acids is 2. The molecule has 9 nitrogen and oxygen atoms in total. The molecule has 1 saturated carbocycles. The molecule has 2 aromatic carbocycles. The van der Waals surface area contributed by atoms with Gasteiger partial charge in [0.15, 0.2) is 5.65 Å². The molecule has 0 unspecified atom stereocenters. The molecule has 6 rings (SSSR count). The van der Waals surface area contributed by atoms with Gasteiger partial charge in [0.25, 0.3) is 0 Å². The maximum atomic E-state index is 13.8. The predicted molar refractivity (Wildman–Crippen MR) is 172 cm³/mol. The fraction of sp³-hybridized carbons (Fsp3) is 0.257. The lowest BCUT2D eigenvalue weighted by molar-refractivity contribution is -0.121. The number of hydrogen-bond acceptors (Lipinski definition) is 5. The number of benzene rings is 2. The monoisotopic (exact) mass is 603 g/mol. The smallest absolute Gasteiger partial charge is 0.232 e. The lowest BCUT2D eigenvalue weighted by atomic mass is 9.96. The maximum absolute atomic E-state index is 13.8. The second kappa shape index (κ2) is 11.9. The summed E-state index contributed by atoms with van der Waals surface area (Å²) in [5.41, 5.74) is 11.0. The molecule has 10 heteroatoms. The van der Waals surface area contributed by atoms with Crippen LogP contribution in [0.15, 0.2) is 79.4 Å². The van der Waals surface area contributed by atoms with Crippen LogP contribution in [0.5, 0.6) is 0 Å². The van der Waals surface area contributed by atoms with Gasteiger partial charge in [0, 0.05) is 42.5 Å². The topological polar surface area (TPSA) is 111 Å². The van der Waals surface area contributed by atoms with Crippen LogP contribution in [0, 0.1) is 30.0 Å². The zero-order valence-electron chi connectivity index (χ0n) is 25.4. The number of nitrogens with two attached hydrogens (primary N) is 1. The van der Waals surface area contributed by atoms with E-state index in [0.29, 0.717) is 17.1 Å². The van der Waals surface area contributed by atoms with Gasteiger partial charge in [-0.2, -0.15) is 5.10 Å². The van der Waals surface area contributed by atoms with Gasteiger partial charge < -0.3 is 11.1 Å². The van der Waals surface area contributed by atoms with Crippen molar-refractivity contribution in [3.05, 3.63) is 102 Å². The van der Waals surface area contributed by atoms with Crippen LogP contribution in [0.4, 0.5) is 27.1 Å². The summed E-state index contributed by atoms with van der Waals surface area (Å²) in [5, 5.41) is 7.80. The third-order valence-electron chi connectivity index (χ3n) is 8.12. The molecule has 0 radical (unpaired) electrons. The van der Waals surface area contributed by atoms with Crippen LogP contribution in [0.1, 0.15) is 62.4 Å². The van der Waals surface area contributed by atoms with Crippen LogP contribution in [0.3, 0.4) is 0 Å². The number of aromatic nitrogens is 4. The molecule has 3 heterocycles. The molecule has 3 aromatic heterocycles. The van der Waals surface area contributed by atoms with Crippen LogP contribution < -0.4 is 16.0 Å². The molecule has 0 atom stereocenters. The molecule has 45 heavy (non-hydrogen) atoms. The maximum Gasteiger partial charge on any atom is 0.232 e. The number of imidazole rings is 1. The minimum Gasteiger partial charge on any atom is -0.370 e. The van der Waals surface area contributed by atoms with Gasteiger partial charge in [-0.15, -0.1) is 0 Å². The van der Waals surface area contributed by atoms with Crippen molar-refractivity contribution in [3.8, 4) is 11.8 Å². The molecule has 1 aliphatic carbocycles. The standard InChI is InChI=1S/C35H34FN7O2/c1-23(2)42-22-27(20-39-42)40-31-5-4-16-41-30(21-38-34(31)41)11-7-25-17-29(10-6-24(25)3)43(28-12-8-26(36)9-13-28)33(45)19-35(14-15-35)18-32(37)44/h4-6,8-10,12-13,16-17,20-23,40H,14-15,18-19H2,1-3H3,(H2,37,44). The van der Waals surface area contributed by atoms with E-state index in [1.807, 2.05) is 58.7 Å². The van der Waals surface area contributed by atoms with Crippen molar-refractivity contribution >= 4 is 40.2 Å². The molecule has 228 valence electrons. The van der Waals surface area contributed by atoms with E-state index >= 15 is 0 Å². The summed E-state index contributed by atoms with van der Waals surface area (Å²) < 4.78 is 17.6. The average molecular weight is 604 g/mol. The fourth-order valence-corrected chi connectivity index (χ4v) is 5.45. The highest BCUT2D eigenvalue weighted by Gasteiger charge is 2.46. The highest BCUT2D eigenvalue weighted by atomic mass is 19.1. The van der Waals surface area contributed by atoms with Gasteiger partial charge >= 0.3 is 0 Å². The van der Waals surface area contributed by atoms with Crippen molar-refractivity contribution in [3.63, 3.8) is 0 Å². The van der Waals surface area contributed by atoms with Crippen LogP contribution >= 0.6 is 0 Å². The highest BCUT2D eigenvalue weighted by Crippen LogP contribution is 2.52. The molecular weight excluding hydrogens is 569 g/mol. The minimum absolute atomic E-state index is 0.165. The lowest BCUT2D eigenvalue weighted by Gasteiger charge is -2.26. The van der Waals surface area contributed by atoms with Gasteiger partial charge in [-0.3, -0.25) is 23.6 Å². The number of halogens is 1. The Morgan fingerprint density at radius 2 is 1.82 bits per heavy atom. The summed E-state index contributed by atoms with van der Waals surface area (Å²) in [7, 11) is 0. The number of rotatable bonds is 9. The second-order valence-corrected chi connectivity index (χ2v) is 12.0. The summed E-state index contributed by atoms with van der Waals surface area (Å²) in [5.74, 6) is 5.51. The van der Waals surface area contributed by atoms with E-state index in [-0.39, 0.29) is 24.8 Å². The van der Waals surface area contributed by atoms with E-state index in [1.165, 1.54) is 12.1 Å². The summed E-state index contributed by atoms with van der Waals surface area (Å²) >= 11 is 0. The SMILES string of the molecule is Cc1ccc(N(C(=O)CC2(CC(N)=O)CC2)c2ccc(F)cc2)cc1C#Cc1cnc2c(Nc3cnn(C(C)C)c3)cccn12. The fourth-order valence-electron chi connectivity index (χ4n) is 5.45. The molecule has 0 saturated heterocycles. The van der Waals surface area contributed by atoms with Crippen LogP contribution in [0.25, 0.3) is 5.65 Å². The van der Waals surface area contributed by atoms with Gasteiger partial charge in [0.2, 0.25) is 11.8 Å². The first-order chi connectivity index (χ1) is 21.6. The Morgan fingerprint density at radius 1 is 1.07 bits per heavy atom. The van der Waals surface area contributed by atoms with E-state index in [0.717, 1.165) is 41.0 Å². The zero-order chi connectivity index (χ0) is 31.7. The van der Waals surface area contributed by atoms with E-state index in [1.54, 1.807) is 29.4 Å². The number of nitrogens with zero attached hydrogens (tertiary/aromatic N) is 5. The Labute approximate surface area is 260 Å². The number of primary amides is 1. The molecule has 2 amide bonds. The highest BCUT2D eigenvalue weighted by molar-refractivity contribution is 6.01. The van der Waals surface area contributed by atoms with Crippen LogP contribution in [-0.4, -0.2) is 31.0 Å². The molecule has 3 N–H and O–H groups in total. The number of aryl methyl sites for hydroxylation is 1. The predicted octanol–water partition coefficient (Wildman–Crippen LogP) is 6.41. The quantitative estimate of drug-likeness (QED) is 0.189. The normalized spacial score (nSPS) is 13.4. The first kappa shape index (κ1) is 29.6. The van der Waals surface area contributed by atoms with Crippen LogP contribution in [-0.2, 0) is 9.59 Å². The second-order valence-electron chi connectivity index (χ2n) is 12.0. The largest absolute Gasteiger partial charge is 0.370 e. The van der Waals surface area contributed by atoms with Gasteiger partial charge in [-0.25, -0.2) is 9.37 Å². The van der Waals surface area contributed by atoms with E-state index in [9.17, 15) is 14.0 Å². The number of nitrogens with one attached hydrogen (secondary N) is 1. The Hall–Kier alpha value is -5.43. The van der Waals surface area contributed by atoms with E-state index < -0.39 is 17.1 Å². The average Bonchev–Trinajstić information content (AvgIpc) is 3.37. The minimum atomic E-state index is -0.418. The van der Waals surface area contributed by atoms with E-state index in [4.69, 9.17) is 5.73 Å². The lowest BCUT2D eigenvalue weighted by Crippen LogP contribution is -2.30. The number of anilines is 4. The third-order valence-corrected chi connectivity index (χ3v) is 8.12. The Kier molecular flexibility index (Phi) is 7.85. The van der Waals surface area contributed by atoms with Crippen LogP contribution in [0.2, 0.25) is 0 Å². The number of pyridine rings is 1. The van der Waals surface area contributed by atoms with Gasteiger partial charge in [0.05, 0.1) is 29.5 Å². The number of fused-ring (bicyclic) bond motifs is 1. The molecule has 5 aromatic rings. The van der Waals surface area contributed by atoms with Crippen molar-refractivity contribution in [1.82, 2.24) is 19.2 Å². The molecular formula is C35H34FN7O2. The summed E-state index contributed by atoms with van der Waals surface area (Å²) in [6, 6.07) is 15.6. The molecule has 0 aliphatic heterocycles. The Balaban J connectivity index is 1.31. The third kappa shape index (κ3) is 6.43. The first-order valence-corrected chi connectivity index (χ1v) is 14.9. The van der Waals surface area contributed by atoms with Crippen molar-refractivity contribution in [2.45, 2.75) is 52.5 Å². The Morgan fingerprint density at radius 3 is 2.51 bits per heavy atom. The van der Waals surface area contributed by atoms with E-state index in [2.05, 4.69) is 41.1 Å². The summed E-state index contributed by atoms with van der Waals surface area (Å²) in [6.07, 6.45) is 9.24. The molecule has 1 aliphatic rings. The summed E-state index contributed by atoms with van der Waals surface area (Å²) in [4.78, 5) is 31.6. The van der Waals surface area contributed by atoms with Gasteiger partial charge in [0.1, 0.15) is 11.5 Å². The van der Waals surface area contributed by atoms with Crippen molar-refractivity contribution in [2.75, 3.05) is 10.2 Å². The van der Waals surface area contributed by atoms with Gasteiger partial charge in [-0.1, -0.05) is 12.0 Å².